The van der Waals surface area contributed by atoms with Crippen LogP contribution in [-0.2, 0) is 0 Å². The summed E-state index contributed by atoms with van der Waals surface area (Å²) in [6.07, 6.45) is 0. The number of benzene rings is 8. The number of hydrogen-bond donors (Lipinski definition) is 0. The lowest BCUT2D eigenvalue weighted by molar-refractivity contribution is 0.668. The zero-order valence-electron chi connectivity index (χ0n) is 28.0. The van der Waals surface area contributed by atoms with Gasteiger partial charge in [0, 0.05) is 66.2 Å². The molecule has 0 aliphatic carbocycles. The molecule has 0 spiro atoms. The lowest BCUT2D eigenvalue weighted by Gasteiger charge is -2.11. The third kappa shape index (κ3) is 3.65. The van der Waals surface area contributed by atoms with Gasteiger partial charge in [0.1, 0.15) is 11.2 Å². The van der Waals surface area contributed by atoms with Crippen LogP contribution in [-0.4, -0.2) is 13.7 Å². The highest BCUT2D eigenvalue weighted by Crippen LogP contribution is 2.43. The number of para-hydroxylation sites is 5. The Morgan fingerprint density at radius 3 is 1.62 bits per heavy atom. The van der Waals surface area contributed by atoms with Crippen LogP contribution in [0.4, 0.5) is 0 Å². The van der Waals surface area contributed by atoms with Gasteiger partial charge in [-0.1, -0.05) is 97.1 Å². The van der Waals surface area contributed by atoms with Gasteiger partial charge in [-0.3, -0.25) is 0 Å². The molecule has 0 amide bonds. The Kier molecular flexibility index (Phi) is 5.47. The average Bonchev–Trinajstić information content (AvgIpc) is 3.94. The van der Waals surface area contributed by atoms with E-state index < -0.39 is 0 Å². The molecule has 0 fully saturated rings. The summed E-state index contributed by atoms with van der Waals surface area (Å²) in [6, 6.07) is 63.5. The topological polar surface area (TPSA) is 27.9 Å². The first-order chi connectivity index (χ1) is 25.8. The third-order valence-electron chi connectivity index (χ3n) is 11.0. The van der Waals surface area contributed by atoms with Crippen LogP contribution in [0.2, 0.25) is 0 Å². The van der Waals surface area contributed by atoms with Gasteiger partial charge in [-0.2, -0.15) is 0 Å². The summed E-state index contributed by atoms with van der Waals surface area (Å²) >= 11 is 0. The van der Waals surface area contributed by atoms with Gasteiger partial charge >= 0.3 is 0 Å². The highest BCUT2D eigenvalue weighted by Gasteiger charge is 2.22. The van der Waals surface area contributed by atoms with Crippen molar-refractivity contribution >= 4 is 87.4 Å². The van der Waals surface area contributed by atoms with Crippen LogP contribution in [0.3, 0.4) is 0 Å². The van der Waals surface area contributed by atoms with Crippen molar-refractivity contribution in [1.82, 2.24) is 13.7 Å². The number of hydrogen-bond acceptors (Lipinski definition) is 1. The molecule has 12 aromatic rings. The molecule has 0 saturated carbocycles. The highest BCUT2D eigenvalue weighted by molar-refractivity contribution is 6.26. The Labute approximate surface area is 297 Å². The Balaban J connectivity index is 1.16. The average molecular weight is 664 g/mol. The second-order valence-corrected chi connectivity index (χ2v) is 13.7. The van der Waals surface area contributed by atoms with Crippen molar-refractivity contribution in [2.75, 3.05) is 0 Å². The lowest BCUT2D eigenvalue weighted by atomic mass is 10.1. The summed E-state index contributed by atoms with van der Waals surface area (Å²) in [5.41, 5.74) is 12.3. The first kappa shape index (κ1) is 27.7. The van der Waals surface area contributed by atoms with E-state index >= 15 is 0 Å². The molecule has 0 unspecified atom stereocenters. The van der Waals surface area contributed by atoms with E-state index in [-0.39, 0.29) is 0 Å². The molecule has 12 rings (SSSR count). The molecule has 0 aliphatic heterocycles. The molecule has 4 aromatic heterocycles. The van der Waals surface area contributed by atoms with Crippen molar-refractivity contribution in [3.05, 3.63) is 176 Å². The maximum Gasteiger partial charge on any atom is 0.137 e. The van der Waals surface area contributed by atoms with E-state index in [0.717, 1.165) is 44.5 Å². The summed E-state index contributed by atoms with van der Waals surface area (Å²) in [5, 5.41) is 9.71. The largest absolute Gasteiger partial charge is 0.456 e. The van der Waals surface area contributed by atoms with E-state index in [1.165, 1.54) is 59.9 Å². The van der Waals surface area contributed by atoms with E-state index in [1.54, 1.807) is 0 Å². The van der Waals surface area contributed by atoms with Gasteiger partial charge in [0.05, 0.1) is 33.1 Å². The second kappa shape index (κ2) is 10.3. The van der Waals surface area contributed by atoms with Crippen molar-refractivity contribution < 1.29 is 4.42 Å². The van der Waals surface area contributed by atoms with E-state index in [2.05, 4.69) is 177 Å². The van der Waals surface area contributed by atoms with Crippen LogP contribution in [0.15, 0.2) is 180 Å². The van der Waals surface area contributed by atoms with Gasteiger partial charge in [0.25, 0.3) is 0 Å². The number of fused-ring (bicyclic) bond motifs is 13. The first-order valence-corrected chi connectivity index (χ1v) is 17.8. The Morgan fingerprint density at radius 2 is 0.808 bits per heavy atom. The molecule has 4 nitrogen and oxygen atoms in total. The van der Waals surface area contributed by atoms with E-state index in [1.807, 2.05) is 12.1 Å². The highest BCUT2D eigenvalue weighted by atomic mass is 16.3. The number of furan rings is 1. The van der Waals surface area contributed by atoms with Crippen molar-refractivity contribution in [3.63, 3.8) is 0 Å². The fraction of sp³-hybridized carbons (Fsp3) is 0. The van der Waals surface area contributed by atoms with Crippen LogP contribution in [0.5, 0.6) is 0 Å². The summed E-state index contributed by atoms with van der Waals surface area (Å²) in [4.78, 5) is 0. The molecule has 0 radical (unpaired) electrons. The van der Waals surface area contributed by atoms with Gasteiger partial charge < -0.3 is 18.1 Å². The van der Waals surface area contributed by atoms with Gasteiger partial charge in [-0.05, 0) is 72.8 Å². The predicted octanol–water partition coefficient (Wildman–Crippen LogP) is 12.9. The molecule has 0 aliphatic rings. The molecule has 4 heteroatoms. The molecule has 8 aromatic carbocycles. The zero-order chi connectivity index (χ0) is 33.9. The molecule has 4 heterocycles. The summed E-state index contributed by atoms with van der Waals surface area (Å²) < 4.78 is 13.6. The van der Waals surface area contributed by atoms with Gasteiger partial charge in [-0.25, -0.2) is 0 Å². The fourth-order valence-corrected chi connectivity index (χ4v) is 8.86. The Bertz CT molecular complexity index is 3410. The Morgan fingerprint density at radius 1 is 0.288 bits per heavy atom. The van der Waals surface area contributed by atoms with Gasteiger partial charge in [-0.15, -0.1) is 0 Å². The third-order valence-corrected chi connectivity index (χ3v) is 11.0. The normalized spacial score (nSPS) is 12.2. The molecule has 52 heavy (non-hydrogen) atoms. The number of rotatable bonds is 3. The minimum absolute atomic E-state index is 0.894. The number of aromatic nitrogens is 3. The van der Waals surface area contributed by atoms with Crippen molar-refractivity contribution in [3.8, 4) is 17.1 Å². The maximum atomic E-state index is 6.34. The minimum Gasteiger partial charge on any atom is -0.456 e. The number of nitrogens with zero attached hydrogens (tertiary/aromatic N) is 3. The first-order valence-electron chi connectivity index (χ1n) is 17.8. The predicted molar refractivity (Wildman–Crippen MR) is 217 cm³/mol. The fourth-order valence-electron chi connectivity index (χ4n) is 8.86. The maximum absolute atomic E-state index is 6.34. The van der Waals surface area contributed by atoms with Crippen LogP contribution in [0.25, 0.3) is 104 Å². The van der Waals surface area contributed by atoms with E-state index in [9.17, 15) is 0 Å². The van der Waals surface area contributed by atoms with Crippen LogP contribution >= 0.6 is 0 Å². The van der Waals surface area contributed by atoms with E-state index in [0.29, 0.717) is 0 Å². The van der Waals surface area contributed by atoms with Gasteiger partial charge in [0.2, 0.25) is 0 Å². The Hall–Kier alpha value is -7.04. The standard InChI is InChI=1S/C48H29N3O/c1-2-12-30(13-3-1)49-42-20-10-6-17-38(42)47-44(49)27-25-37-33-14-4-9-19-41(33)51(48(37)47)31-23-26-43-39(28-31)34-15-5-8-18-40(34)50(43)32-22-24-36-35-16-7-11-21-45(35)52-46(36)29-32/h1-29H. The summed E-state index contributed by atoms with van der Waals surface area (Å²) in [5.74, 6) is 0. The van der Waals surface area contributed by atoms with Crippen LogP contribution in [0, 0.1) is 0 Å². The molecule has 0 bridgehead atoms. The molecular weight excluding hydrogens is 635 g/mol. The molecule has 242 valence electrons. The van der Waals surface area contributed by atoms with E-state index in [4.69, 9.17) is 4.42 Å². The molecule has 0 N–H and O–H groups in total. The van der Waals surface area contributed by atoms with Crippen LogP contribution in [0.1, 0.15) is 0 Å². The molecular formula is C48H29N3O. The quantitative estimate of drug-likeness (QED) is 0.185. The summed E-state index contributed by atoms with van der Waals surface area (Å²) in [6.45, 7) is 0. The SMILES string of the molecule is c1ccc(-n2c3ccccc3c3c2ccc2c4ccccc4n(-c4ccc5c(c4)c4ccccc4n5-c4ccc5c(c4)oc4ccccc45)c23)cc1. The minimum atomic E-state index is 0.894. The monoisotopic (exact) mass is 663 g/mol. The van der Waals surface area contributed by atoms with Crippen molar-refractivity contribution in [1.29, 1.82) is 0 Å². The second-order valence-electron chi connectivity index (χ2n) is 13.7. The van der Waals surface area contributed by atoms with Crippen LogP contribution < -0.4 is 0 Å². The lowest BCUT2D eigenvalue weighted by Crippen LogP contribution is -1.96. The molecule has 0 atom stereocenters. The molecule has 0 saturated heterocycles. The summed E-state index contributed by atoms with van der Waals surface area (Å²) in [7, 11) is 0. The van der Waals surface area contributed by atoms with Crippen molar-refractivity contribution in [2.45, 2.75) is 0 Å². The van der Waals surface area contributed by atoms with Crippen molar-refractivity contribution in [2.24, 2.45) is 0 Å². The van der Waals surface area contributed by atoms with Gasteiger partial charge in [0.15, 0.2) is 0 Å². The smallest absolute Gasteiger partial charge is 0.137 e. The zero-order valence-corrected chi connectivity index (χ0v) is 28.0.